The van der Waals surface area contributed by atoms with Gasteiger partial charge in [-0.25, -0.2) is 0 Å². The minimum atomic E-state index is 1.32. The van der Waals surface area contributed by atoms with Gasteiger partial charge in [0, 0.05) is 3.57 Å². The van der Waals surface area contributed by atoms with Gasteiger partial charge in [-0.3, -0.25) is 0 Å². The van der Waals surface area contributed by atoms with Crippen molar-refractivity contribution in [3.8, 4) is 0 Å². The average Bonchev–Trinajstić information content (AvgIpc) is 2.34. The van der Waals surface area contributed by atoms with Crippen LogP contribution in [-0.4, -0.2) is 0 Å². The lowest BCUT2D eigenvalue weighted by Crippen LogP contribution is -1.83. The van der Waals surface area contributed by atoms with Gasteiger partial charge in [-0.15, -0.1) is 0 Å². The van der Waals surface area contributed by atoms with Crippen LogP contribution in [-0.2, 0) is 0 Å². The lowest BCUT2D eigenvalue weighted by molar-refractivity contribution is 0.886. The number of hydrogen-bond acceptors (Lipinski definition) is 0. The smallest absolute Gasteiger partial charge is 0.0238 e. The first kappa shape index (κ1) is 14.5. The lowest BCUT2D eigenvalue weighted by atomic mass is 10.1. The maximum Gasteiger partial charge on any atom is 0.0238 e. The molecule has 0 spiro atoms. The van der Waals surface area contributed by atoms with Gasteiger partial charge < -0.3 is 0 Å². The summed E-state index contributed by atoms with van der Waals surface area (Å²) in [5, 5.41) is 2.71. The van der Waals surface area contributed by atoms with E-state index in [4.69, 9.17) is 0 Å². The third-order valence-corrected chi connectivity index (χ3v) is 4.23. The van der Waals surface area contributed by atoms with E-state index in [2.05, 4.69) is 80.6 Å². The van der Waals surface area contributed by atoms with Gasteiger partial charge in [0.1, 0.15) is 0 Å². The Hall–Kier alpha value is -0.570. The Kier molecular flexibility index (Phi) is 5.96. The molecule has 0 N–H and O–H groups in total. The predicted molar refractivity (Wildman–Crippen MR) is 86.7 cm³/mol. The zero-order valence-corrected chi connectivity index (χ0v) is 13.3. The fraction of sp³-hybridized carbons (Fsp3) is 0.375. The fourth-order valence-corrected chi connectivity index (χ4v) is 2.19. The summed E-state index contributed by atoms with van der Waals surface area (Å²) in [5.74, 6) is 0. The Labute approximate surface area is 119 Å². The number of rotatable bonds is 1. The standard InChI is InChI=1S/C12H11I.C4H10/c1-8-3-6-11-10(7-8)5-4-9(2)12(11)13;1-3-4-2/h3-7H,1-2H3;3-4H2,1-2H3. The van der Waals surface area contributed by atoms with E-state index in [1.807, 2.05) is 0 Å². The van der Waals surface area contributed by atoms with Gasteiger partial charge in [0.15, 0.2) is 0 Å². The number of hydrogen-bond donors (Lipinski definition) is 0. The van der Waals surface area contributed by atoms with Crippen LogP contribution >= 0.6 is 22.6 Å². The van der Waals surface area contributed by atoms with Gasteiger partial charge in [0.25, 0.3) is 0 Å². The molecular formula is C16H21I. The molecule has 0 saturated heterocycles. The maximum absolute atomic E-state index is 2.41. The number of fused-ring (bicyclic) bond motifs is 1. The van der Waals surface area contributed by atoms with E-state index in [0.717, 1.165) is 0 Å². The number of aryl methyl sites for hydroxylation is 2. The van der Waals surface area contributed by atoms with Gasteiger partial charge in [0.2, 0.25) is 0 Å². The van der Waals surface area contributed by atoms with Crippen molar-refractivity contribution in [2.45, 2.75) is 40.5 Å². The molecule has 2 aromatic carbocycles. The minimum absolute atomic E-state index is 1.32. The molecule has 0 fully saturated rings. The van der Waals surface area contributed by atoms with E-state index in [-0.39, 0.29) is 0 Å². The van der Waals surface area contributed by atoms with Gasteiger partial charge >= 0.3 is 0 Å². The van der Waals surface area contributed by atoms with Crippen LogP contribution in [0.1, 0.15) is 37.8 Å². The van der Waals surface area contributed by atoms with Crippen LogP contribution in [0, 0.1) is 17.4 Å². The molecule has 92 valence electrons. The van der Waals surface area contributed by atoms with E-state index in [1.54, 1.807) is 0 Å². The molecule has 0 amide bonds. The van der Waals surface area contributed by atoms with Gasteiger partial charge in [0.05, 0.1) is 0 Å². The molecule has 0 unspecified atom stereocenters. The normalized spacial score (nSPS) is 9.94. The van der Waals surface area contributed by atoms with Gasteiger partial charge in [-0.1, -0.05) is 62.6 Å². The molecular weight excluding hydrogens is 319 g/mol. The summed E-state index contributed by atoms with van der Waals surface area (Å²) in [6, 6.07) is 11.0. The molecule has 0 nitrogen and oxygen atoms in total. The Morgan fingerprint density at radius 3 is 2.18 bits per heavy atom. The zero-order chi connectivity index (χ0) is 12.8. The van der Waals surface area contributed by atoms with E-state index in [9.17, 15) is 0 Å². The zero-order valence-electron chi connectivity index (χ0n) is 11.2. The Bertz CT molecular complexity index is 484. The Morgan fingerprint density at radius 1 is 0.941 bits per heavy atom. The highest BCUT2D eigenvalue weighted by molar-refractivity contribution is 14.1. The molecule has 2 aromatic rings. The second-order valence-electron chi connectivity index (χ2n) is 4.42. The first-order valence-corrected chi connectivity index (χ1v) is 7.33. The first-order chi connectivity index (χ1) is 8.10. The van der Waals surface area contributed by atoms with Crippen LogP contribution in [0.15, 0.2) is 30.3 Å². The largest absolute Gasteiger partial charge is 0.0654 e. The van der Waals surface area contributed by atoms with Crippen LogP contribution in [0.5, 0.6) is 0 Å². The fourth-order valence-electron chi connectivity index (χ4n) is 1.52. The molecule has 0 aliphatic carbocycles. The quantitative estimate of drug-likeness (QED) is 0.570. The topological polar surface area (TPSA) is 0 Å². The molecule has 0 aliphatic heterocycles. The van der Waals surface area contributed by atoms with Gasteiger partial charge in [-0.05, 0) is 52.8 Å². The molecule has 0 heterocycles. The summed E-state index contributed by atoms with van der Waals surface area (Å²) in [4.78, 5) is 0. The lowest BCUT2D eigenvalue weighted by Gasteiger charge is -2.04. The van der Waals surface area contributed by atoms with Crippen molar-refractivity contribution in [3.05, 3.63) is 45.0 Å². The molecule has 17 heavy (non-hydrogen) atoms. The van der Waals surface area contributed by atoms with Gasteiger partial charge in [-0.2, -0.15) is 0 Å². The highest BCUT2D eigenvalue weighted by atomic mass is 127. The van der Waals surface area contributed by atoms with E-state index >= 15 is 0 Å². The summed E-state index contributed by atoms with van der Waals surface area (Å²) >= 11 is 2.41. The van der Waals surface area contributed by atoms with Crippen molar-refractivity contribution in [1.82, 2.24) is 0 Å². The van der Waals surface area contributed by atoms with Crippen LogP contribution in [0.25, 0.3) is 10.8 Å². The van der Waals surface area contributed by atoms with Crippen LogP contribution in [0.4, 0.5) is 0 Å². The second-order valence-corrected chi connectivity index (χ2v) is 5.50. The molecule has 0 aromatic heterocycles. The number of benzene rings is 2. The molecule has 0 aliphatic rings. The van der Waals surface area contributed by atoms with Crippen molar-refractivity contribution < 1.29 is 0 Å². The van der Waals surface area contributed by atoms with Crippen molar-refractivity contribution in [2.24, 2.45) is 0 Å². The summed E-state index contributed by atoms with van der Waals surface area (Å²) < 4.78 is 1.37. The van der Waals surface area contributed by atoms with E-state index < -0.39 is 0 Å². The van der Waals surface area contributed by atoms with Crippen molar-refractivity contribution >= 4 is 33.4 Å². The third kappa shape index (κ3) is 3.98. The monoisotopic (exact) mass is 340 g/mol. The third-order valence-electron chi connectivity index (χ3n) is 2.80. The Balaban J connectivity index is 0.000000317. The molecule has 0 bridgehead atoms. The van der Waals surface area contributed by atoms with Crippen LogP contribution in [0.3, 0.4) is 0 Å². The highest BCUT2D eigenvalue weighted by Crippen LogP contribution is 2.24. The summed E-state index contributed by atoms with van der Waals surface area (Å²) in [7, 11) is 0. The minimum Gasteiger partial charge on any atom is -0.0654 e. The predicted octanol–water partition coefficient (Wildman–Crippen LogP) is 5.87. The number of unbranched alkanes of at least 4 members (excludes halogenated alkanes) is 1. The van der Waals surface area contributed by atoms with Crippen molar-refractivity contribution in [3.63, 3.8) is 0 Å². The molecule has 2 rings (SSSR count). The molecule has 0 radical (unpaired) electrons. The SMILES string of the molecule is CCCC.Cc1ccc2c(I)c(C)ccc2c1. The highest BCUT2D eigenvalue weighted by Gasteiger charge is 2.00. The molecule has 0 atom stereocenters. The number of halogens is 1. The first-order valence-electron chi connectivity index (χ1n) is 6.25. The van der Waals surface area contributed by atoms with Crippen LogP contribution in [0.2, 0.25) is 0 Å². The Morgan fingerprint density at radius 2 is 1.59 bits per heavy atom. The van der Waals surface area contributed by atoms with E-state index in [1.165, 1.54) is 38.3 Å². The van der Waals surface area contributed by atoms with E-state index in [0.29, 0.717) is 0 Å². The summed E-state index contributed by atoms with van der Waals surface area (Å²) in [6.07, 6.45) is 2.64. The summed E-state index contributed by atoms with van der Waals surface area (Å²) in [6.45, 7) is 8.65. The second kappa shape index (κ2) is 7.00. The van der Waals surface area contributed by atoms with Crippen molar-refractivity contribution in [2.75, 3.05) is 0 Å². The van der Waals surface area contributed by atoms with Crippen LogP contribution < -0.4 is 0 Å². The molecule has 1 heteroatoms. The molecule has 0 saturated carbocycles. The summed E-state index contributed by atoms with van der Waals surface area (Å²) in [5.41, 5.74) is 2.68. The average molecular weight is 340 g/mol. The van der Waals surface area contributed by atoms with Crippen molar-refractivity contribution in [1.29, 1.82) is 0 Å². The maximum atomic E-state index is 2.41.